The number of aliphatic hydroxyl groups is 2. The van der Waals surface area contributed by atoms with E-state index >= 15 is 0 Å². The number of fused-ring (bicyclic) bond motifs is 1. The molecule has 1 aromatic carbocycles. The topological polar surface area (TPSA) is 239 Å². The Kier molecular flexibility index (Phi) is 6.96. The Morgan fingerprint density at radius 1 is 1.11 bits per heavy atom. The number of para-hydroxylation sites is 1. The molecule has 18 heteroatoms. The second-order valence-electron chi connectivity index (χ2n) is 7.39. The van der Waals surface area contributed by atoms with Crippen molar-refractivity contribution < 1.29 is 52.1 Å². The number of nitrogens with zero attached hydrogens (tertiary/aromatic N) is 3. The third kappa shape index (κ3) is 5.52. The summed E-state index contributed by atoms with van der Waals surface area (Å²) in [6.07, 6.45) is -5.72. The van der Waals surface area contributed by atoms with Gasteiger partial charge in [-0.1, -0.05) is 17.3 Å². The molecule has 16 nitrogen and oxygen atoms in total. The molecule has 1 aliphatic rings. The lowest BCUT2D eigenvalue weighted by atomic mass is 10.1. The minimum Gasteiger partial charge on any atom is -0.756 e. The predicted octanol–water partition coefficient (Wildman–Crippen LogP) is -2.22. The lowest BCUT2D eigenvalue weighted by Gasteiger charge is -2.28. The van der Waals surface area contributed by atoms with Crippen LogP contribution in [0.3, 0.4) is 0 Å². The van der Waals surface area contributed by atoms with Gasteiger partial charge in [0.25, 0.3) is 21.2 Å². The number of benzene rings is 1. The van der Waals surface area contributed by atoms with Crippen LogP contribution in [0, 0.1) is 0 Å². The van der Waals surface area contributed by atoms with Crippen molar-refractivity contribution in [1.29, 1.82) is 0 Å². The minimum absolute atomic E-state index is 0.280. The summed E-state index contributed by atoms with van der Waals surface area (Å²) in [6, 6.07) is 7.75. The van der Waals surface area contributed by atoms with Crippen LogP contribution in [0.1, 0.15) is 11.9 Å². The van der Waals surface area contributed by atoms with Crippen molar-refractivity contribution in [2.24, 2.45) is 0 Å². The highest BCUT2D eigenvalue weighted by molar-refractivity contribution is 7.59. The standard InChI is InChI=1S/C17H19N3O13P2/c21-13-5-6-19(17(24)20(13)7-10-9-3-1-2-4-11(9)32-18-10)16-15(23)14(22)12(31-16)8-30-35(28,29)33-34(25,26)27/h1-6,12,14-16,22-23H,7-8H2,(H,28,29)(H2,25,26,27)/p-2/t12?,14?,15-,16?/m0/s1. The van der Waals surface area contributed by atoms with Gasteiger partial charge >= 0.3 is 5.69 Å². The third-order valence-electron chi connectivity index (χ3n) is 5.07. The fourth-order valence-electron chi connectivity index (χ4n) is 3.48. The summed E-state index contributed by atoms with van der Waals surface area (Å²) >= 11 is 0. The molecule has 0 spiro atoms. The fourth-order valence-corrected chi connectivity index (χ4v) is 5.01. The molecular weight excluding hydrogens is 516 g/mol. The molecule has 3 heterocycles. The van der Waals surface area contributed by atoms with Gasteiger partial charge in [-0.15, -0.1) is 0 Å². The van der Waals surface area contributed by atoms with Crippen molar-refractivity contribution in [1.82, 2.24) is 14.3 Å². The molecule has 1 saturated heterocycles. The Morgan fingerprint density at radius 3 is 2.54 bits per heavy atom. The summed E-state index contributed by atoms with van der Waals surface area (Å²) in [6.45, 7) is -1.32. The first kappa shape index (κ1) is 25.6. The zero-order chi connectivity index (χ0) is 25.5. The van der Waals surface area contributed by atoms with Crippen molar-refractivity contribution in [2.75, 3.05) is 6.61 Å². The molecule has 0 saturated carbocycles. The van der Waals surface area contributed by atoms with Crippen LogP contribution in [-0.4, -0.2) is 54.3 Å². The highest BCUT2D eigenvalue weighted by Crippen LogP contribution is 2.52. The number of rotatable bonds is 8. The van der Waals surface area contributed by atoms with E-state index in [0.29, 0.717) is 11.0 Å². The predicted molar refractivity (Wildman–Crippen MR) is 108 cm³/mol. The lowest BCUT2D eigenvalue weighted by Crippen LogP contribution is -2.43. The van der Waals surface area contributed by atoms with Gasteiger partial charge in [0, 0.05) is 17.6 Å². The third-order valence-corrected chi connectivity index (χ3v) is 7.16. The normalized spacial score (nSPS) is 26.0. The van der Waals surface area contributed by atoms with Crippen molar-refractivity contribution in [3.05, 3.63) is 63.1 Å². The zero-order valence-corrected chi connectivity index (χ0v) is 19.1. The molecular formula is C17H17N3O13P2-2. The number of ether oxygens (including phenoxy) is 1. The van der Waals surface area contributed by atoms with E-state index < -0.39 is 58.0 Å². The maximum absolute atomic E-state index is 13.0. The van der Waals surface area contributed by atoms with Crippen LogP contribution < -0.4 is 21.0 Å². The molecule has 3 N–H and O–H groups in total. The molecule has 1 aliphatic heterocycles. The van der Waals surface area contributed by atoms with E-state index in [1.165, 1.54) is 0 Å². The number of aromatic nitrogens is 3. The van der Waals surface area contributed by atoms with Gasteiger partial charge < -0.3 is 38.7 Å². The van der Waals surface area contributed by atoms with Gasteiger partial charge in [0.1, 0.15) is 24.0 Å². The van der Waals surface area contributed by atoms with E-state index in [9.17, 15) is 38.7 Å². The monoisotopic (exact) mass is 533 g/mol. The van der Waals surface area contributed by atoms with Gasteiger partial charge in [0.15, 0.2) is 11.8 Å². The summed E-state index contributed by atoms with van der Waals surface area (Å²) in [5, 5.41) is 25.0. The molecule has 0 aliphatic carbocycles. The summed E-state index contributed by atoms with van der Waals surface area (Å²) in [5.74, 6) is 0. The first-order valence-electron chi connectivity index (χ1n) is 9.74. The highest BCUT2D eigenvalue weighted by atomic mass is 31.3. The maximum Gasteiger partial charge on any atom is 0.333 e. The molecule has 0 amide bonds. The summed E-state index contributed by atoms with van der Waals surface area (Å²) in [7, 11) is -11.2. The van der Waals surface area contributed by atoms with Gasteiger partial charge in [-0.3, -0.25) is 23.1 Å². The quantitative estimate of drug-likeness (QED) is 0.260. The second-order valence-corrected chi connectivity index (χ2v) is 10.1. The molecule has 0 bridgehead atoms. The molecule has 6 atom stereocenters. The molecule has 5 unspecified atom stereocenters. The van der Waals surface area contributed by atoms with Gasteiger partial charge in [-0.05, 0) is 12.1 Å². The van der Waals surface area contributed by atoms with Crippen molar-refractivity contribution >= 4 is 26.6 Å². The minimum atomic E-state index is -5.69. The first-order chi connectivity index (χ1) is 16.4. The highest BCUT2D eigenvalue weighted by Gasteiger charge is 2.45. The second kappa shape index (κ2) is 9.52. The molecule has 3 aromatic rings. The van der Waals surface area contributed by atoms with Crippen LogP contribution in [-0.2, 0) is 29.2 Å². The molecule has 0 radical (unpaired) electrons. The van der Waals surface area contributed by atoms with Crippen LogP contribution >= 0.6 is 15.6 Å². The Bertz CT molecular complexity index is 1440. The van der Waals surface area contributed by atoms with Crippen LogP contribution in [0.25, 0.3) is 11.0 Å². The number of aliphatic hydroxyl groups excluding tert-OH is 2. The van der Waals surface area contributed by atoms with Crippen LogP contribution in [0.4, 0.5) is 0 Å². The van der Waals surface area contributed by atoms with Crippen molar-refractivity contribution in [3.8, 4) is 0 Å². The molecule has 35 heavy (non-hydrogen) atoms. The van der Waals surface area contributed by atoms with Crippen LogP contribution in [0.5, 0.6) is 0 Å². The fraction of sp³-hybridized carbons (Fsp3) is 0.353. The molecule has 190 valence electrons. The van der Waals surface area contributed by atoms with Gasteiger partial charge in [0.05, 0.1) is 13.2 Å². The van der Waals surface area contributed by atoms with E-state index in [1.54, 1.807) is 24.3 Å². The summed E-state index contributed by atoms with van der Waals surface area (Å²) in [4.78, 5) is 56.0. The first-order valence-corrected chi connectivity index (χ1v) is 12.7. The number of hydrogen-bond donors (Lipinski definition) is 3. The van der Waals surface area contributed by atoms with Gasteiger partial charge in [-0.2, -0.15) is 0 Å². The Morgan fingerprint density at radius 2 is 1.83 bits per heavy atom. The SMILES string of the molecule is O=c1ccn(C2OC(COP(=O)([O-])OP(=O)([O-])O)C(O)[C@@H]2O)c(=O)n1Cc1noc2ccccc12. The van der Waals surface area contributed by atoms with Crippen molar-refractivity contribution in [2.45, 2.75) is 31.1 Å². The average molecular weight is 533 g/mol. The van der Waals surface area contributed by atoms with Crippen LogP contribution in [0.2, 0.25) is 0 Å². The molecule has 1 fully saturated rings. The number of hydrogen-bond acceptors (Lipinski definition) is 13. The van der Waals surface area contributed by atoms with E-state index in [1.807, 2.05) is 0 Å². The van der Waals surface area contributed by atoms with E-state index in [-0.39, 0.29) is 12.2 Å². The Hall–Kier alpha value is -2.49. The lowest BCUT2D eigenvalue weighted by molar-refractivity contribution is -0.242. The Balaban J connectivity index is 1.56. The van der Waals surface area contributed by atoms with E-state index in [2.05, 4.69) is 14.0 Å². The molecule has 4 rings (SSSR count). The largest absolute Gasteiger partial charge is 0.756 e. The van der Waals surface area contributed by atoms with Crippen LogP contribution in [0.15, 0.2) is 50.6 Å². The summed E-state index contributed by atoms with van der Waals surface area (Å²) in [5.41, 5.74) is -0.946. The van der Waals surface area contributed by atoms with E-state index in [0.717, 1.165) is 21.4 Å². The Labute approximate surface area is 194 Å². The van der Waals surface area contributed by atoms with Gasteiger partial charge in [0.2, 0.25) is 0 Å². The number of phosphoric acid groups is 2. The van der Waals surface area contributed by atoms with Gasteiger partial charge in [-0.25, -0.2) is 9.11 Å². The summed E-state index contributed by atoms with van der Waals surface area (Å²) < 4.78 is 41.8. The van der Waals surface area contributed by atoms with E-state index in [4.69, 9.17) is 14.2 Å². The average Bonchev–Trinajstić information content (AvgIpc) is 3.30. The smallest absolute Gasteiger partial charge is 0.333 e. The maximum atomic E-state index is 13.0. The van der Waals surface area contributed by atoms with Crippen molar-refractivity contribution in [3.63, 3.8) is 0 Å². The molecule has 2 aromatic heterocycles. The number of phosphoric ester groups is 1. The zero-order valence-electron chi connectivity index (χ0n) is 17.3.